The number of benzene rings is 1. The molecule has 0 saturated carbocycles. The molecule has 0 amide bonds. The van der Waals surface area contributed by atoms with Crippen molar-refractivity contribution in [3.05, 3.63) is 65.3 Å². The molecule has 3 rings (SSSR count). The average Bonchev–Trinajstić information content (AvgIpc) is 2.40. The van der Waals surface area contributed by atoms with Crippen LogP contribution in [-0.4, -0.2) is 14.8 Å². The Morgan fingerprint density at radius 1 is 1.00 bits per heavy atom. The van der Waals surface area contributed by atoms with Gasteiger partial charge in [-0.15, -0.1) is 0 Å². The Morgan fingerprint density at radius 2 is 1.88 bits per heavy atom. The number of rotatable bonds is 1. The van der Waals surface area contributed by atoms with Crippen molar-refractivity contribution < 1.29 is 0 Å². The van der Waals surface area contributed by atoms with Gasteiger partial charge in [-0.2, -0.15) is 9.78 Å². The van der Waals surface area contributed by atoms with Crippen LogP contribution in [0.2, 0.25) is 0 Å². The molecule has 17 heavy (non-hydrogen) atoms. The minimum Gasteiger partial charge on any atom is -0.267 e. The van der Waals surface area contributed by atoms with Gasteiger partial charge in [-0.05, 0) is 18.2 Å². The molecule has 1 aromatic carbocycles. The van der Waals surface area contributed by atoms with Crippen molar-refractivity contribution in [2.45, 2.75) is 0 Å². The predicted molar refractivity (Wildman–Crippen MR) is 65.1 cm³/mol. The molecule has 0 aliphatic carbocycles. The molecule has 0 aliphatic heterocycles. The summed E-state index contributed by atoms with van der Waals surface area (Å²) in [6, 6.07) is 11.0. The van der Waals surface area contributed by atoms with Crippen molar-refractivity contribution in [3.8, 4) is 5.69 Å². The fourth-order valence-electron chi connectivity index (χ4n) is 1.75. The molecule has 0 unspecified atom stereocenters. The first-order valence-corrected chi connectivity index (χ1v) is 5.24. The van der Waals surface area contributed by atoms with Crippen LogP contribution in [0, 0.1) is 0 Å². The summed E-state index contributed by atoms with van der Waals surface area (Å²) in [6.45, 7) is 0. The second-order valence-corrected chi connectivity index (χ2v) is 3.66. The summed E-state index contributed by atoms with van der Waals surface area (Å²) in [4.78, 5) is 16.2. The molecule has 0 aliphatic rings. The maximum absolute atomic E-state index is 12.2. The van der Waals surface area contributed by atoms with Crippen molar-refractivity contribution >= 4 is 10.8 Å². The van der Waals surface area contributed by atoms with Crippen LogP contribution in [0.25, 0.3) is 16.5 Å². The second kappa shape index (κ2) is 3.83. The van der Waals surface area contributed by atoms with Crippen molar-refractivity contribution in [1.82, 2.24) is 14.8 Å². The number of nitrogens with zero attached hydrogens (tertiary/aromatic N) is 3. The molecule has 4 heteroatoms. The number of aromatic nitrogens is 3. The van der Waals surface area contributed by atoms with Crippen molar-refractivity contribution in [2.75, 3.05) is 0 Å². The van der Waals surface area contributed by atoms with E-state index in [0.717, 1.165) is 5.39 Å². The van der Waals surface area contributed by atoms with Crippen LogP contribution in [0.1, 0.15) is 0 Å². The molecule has 4 nitrogen and oxygen atoms in total. The summed E-state index contributed by atoms with van der Waals surface area (Å²) in [5.41, 5.74) is 0.541. The predicted octanol–water partition coefficient (Wildman–Crippen LogP) is 1.78. The molecule has 0 bridgehead atoms. The quantitative estimate of drug-likeness (QED) is 0.631. The van der Waals surface area contributed by atoms with E-state index in [9.17, 15) is 4.79 Å². The molecule has 3 aromatic rings. The molecule has 0 spiro atoms. The third-order valence-corrected chi connectivity index (χ3v) is 2.59. The normalized spacial score (nSPS) is 10.6. The van der Waals surface area contributed by atoms with Gasteiger partial charge in [0.1, 0.15) is 0 Å². The van der Waals surface area contributed by atoms with Gasteiger partial charge in [0.05, 0.1) is 23.5 Å². The number of pyridine rings is 1. The van der Waals surface area contributed by atoms with Gasteiger partial charge >= 0.3 is 0 Å². The summed E-state index contributed by atoms with van der Waals surface area (Å²) in [5, 5.41) is 5.64. The SMILES string of the molecule is O=c1c2ccccc2cnn1-c1cccnc1. The summed E-state index contributed by atoms with van der Waals surface area (Å²) in [6.07, 6.45) is 4.96. The van der Waals surface area contributed by atoms with Crippen molar-refractivity contribution in [1.29, 1.82) is 0 Å². The van der Waals surface area contributed by atoms with Gasteiger partial charge in [0.2, 0.25) is 0 Å². The highest BCUT2D eigenvalue weighted by Gasteiger charge is 2.04. The third-order valence-electron chi connectivity index (χ3n) is 2.59. The lowest BCUT2D eigenvalue weighted by molar-refractivity contribution is 0.816. The van der Waals surface area contributed by atoms with Gasteiger partial charge in [0.25, 0.3) is 5.56 Å². The summed E-state index contributed by atoms with van der Waals surface area (Å²) in [7, 11) is 0. The van der Waals surface area contributed by atoms with Gasteiger partial charge in [-0.1, -0.05) is 18.2 Å². The molecule has 2 heterocycles. The molecular weight excluding hydrogens is 214 g/mol. The Labute approximate surface area is 97.2 Å². The number of hydrogen-bond donors (Lipinski definition) is 0. The Hall–Kier alpha value is -2.49. The Kier molecular flexibility index (Phi) is 2.19. The molecular formula is C13H9N3O. The molecule has 82 valence electrons. The van der Waals surface area contributed by atoms with E-state index >= 15 is 0 Å². The average molecular weight is 223 g/mol. The topological polar surface area (TPSA) is 47.8 Å². The molecule has 0 fully saturated rings. The molecule has 0 N–H and O–H groups in total. The Bertz CT molecular complexity index is 719. The van der Waals surface area contributed by atoms with Gasteiger partial charge < -0.3 is 0 Å². The Morgan fingerprint density at radius 3 is 2.71 bits per heavy atom. The van der Waals surface area contributed by atoms with E-state index in [2.05, 4.69) is 10.1 Å². The van der Waals surface area contributed by atoms with Crippen LogP contribution in [-0.2, 0) is 0 Å². The maximum atomic E-state index is 12.2. The van der Waals surface area contributed by atoms with E-state index in [1.807, 2.05) is 18.2 Å². The van der Waals surface area contributed by atoms with Crippen LogP contribution >= 0.6 is 0 Å². The lowest BCUT2D eigenvalue weighted by Crippen LogP contribution is -2.20. The minimum atomic E-state index is -0.129. The minimum absolute atomic E-state index is 0.129. The van der Waals surface area contributed by atoms with Crippen LogP contribution < -0.4 is 5.56 Å². The van der Waals surface area contributed by atoms with Crippen LogP contribution in [0.15, 0.2) is 59.8 Å². The van der Waals surface area contributed by atoms with Crippen LogP contribution in [0.5, 0.6) is 0 Å². The van der Waals surface area contributed by atoms with E-state index in [0.29, 0.717) is 11.1 Å². The zero-order valence-electron chi connectivity index (χ0n) is 8.95. The molecule has 0 radical (unpaired) electrons. The highest BCUT2D eigenvalue weighted by molar-refractivity contribution is 5.80. The van der Waals surface area contributed by atoms with Gasteiger partial charge in [0.15, 0.2) is 0 Å². The zero-order valence-corrected chi connectivity index (χ0v) is 8.95. The smallest absolute Gasteiger partial charge is 0.267 e. The fourth-order valence-corrected chi connectivity index (χ4v) is 1.75. The lowest BCUT2D eigenvalue weighted by Gasteiger charge is -2.04. The van der Waals surface area contributed by atoms with Crippen molar-refractivity contribution in [3.63, 3.8) is 0 Å². The van der Waals surface area contributed by atoms with E-state index in [1.54, 1.807) is 36.8 Å². The highest BCUT2D eigenvalue weighted by atomic mass is 16.1. The first-order valence-electron chi connectivity index (χ1n) is 5.24. The van der Waals surface area contributed by atoms with E-state index in [4.69, 9.17) is 0 Å². The monoisotopic (exact) mass is 223 g/mol. The van der Waals surface area contributed by atoms with E-state index in [-0.39, 0.29) is 5.56 Å². The standard InChI is InChI=1S/C13H9N3O/c17-13-12-6-2-1-4-10(12)8-15-16(13)11-5-3-7-14-9-11/h1-9H. The van der Waals surface area contributed by atoms with Crippen LogP contribution in [0.3, 0.4) is 0 Å². The Balaban J connectivity index is 2.33. The van der Waals surface area contributed by atoms with Gasteiger partial charge in [-0.3, -0.25) is 9.78 Å². The summed E-state index contributed by atoms with van der Waals surface area (Å²) >= 11 is 0. The zero-order chi connectivity index (χ0) is 11.7. The van der Waals surface area contributed by atoms with E-state index < -0.39 is 0 Å². The second-order valence-electron chi connectivity index (χ2n) is 3.66. The fraction of sp³-hybridized carbons (Fsp3) is 0. The maximum Gasteiger partial charge on any atom is 0.279 e. The first-order chi connectivity index (χ1) is 8.36. The highest BCUT2D eigenvalue weighted by Crippen LogP contribution is 2.08. The molecule has 2 aromatic heterocycles. The number of hydrogen-bond acceptors (Lipinski definition) is 3. The van der Waals surface area contributed by atoms with Gasteiger partial charge in [0, 0.05) is 11.6 Å². The molecule has 0 saturated heterocycles. The largest absolute Gasteiger partial charge is 0.279 e. The lowest BCUT2D eigenvalue weighted by atomic mass is 10.2. The van der Waals surface area contributed by atoms with E-state index in [1.165, 1.54) is 4.68 Å². The first kappa shape index (κ1) is 9.72. The third kappa shape index (κ3) is 1.59. The van der Waals surface area contributed by atoms with Crippen molar-refractivity contribution in [2.24, 2.45) is 0 Å². The van der Waals surface area contributed by atoms with Crippen LogP contribution in [0.4, 0.5) is 0 Å². The summed E-state index contributed by atoms with van der Waals surface area (Å²) < 4.78 is 1.36. The summed E-state index contributed by atoms with van der Waals surface area (Å²) in [5.74, 6) is 0. The number of fused-ring (bicyclic) bond motifs is 1. The molecule has 0 atom stereocenters. The van der Waals surface area contributed by atoms with Gasteiger partial charge in [-0.25, -0.2) is 0 Å².